The van der Waals surface area contributed by atoms with Gasteiger partial charge in [-0.05, 0) is 28.1 Å². The average molecular weight is 309 g/mol. The molecule has 2 aliphatic heterocycles. The topological polar surface area (TPSA) is 45.5 Å². The Morgan fingerprint density at radius 3 is 2.83 bits per heavy atom. The molecule has 0 bridgehead atoms. The minimum atomic E-state index is -0.449. The van der Waals surface area contributed by atoms with Crippen LogP contribution in [0.4, 0.5) is 5.69 Å². The molecule has 1 aromatic rings. The van der Waals surface area contributed by atoms with Gasteiger partial charge in [0.05, 0.1) is 31.0 Å². The van der Waals surface area contributed by atoms with Crippen molar-refractivity contribution in [1.29, 1.82) is 5.26 Å². The zero-order chi connectivity index (χ0) is 12.6. The molecule has 3 rings (SSSR count). The van der Waals surface area contributed by atoms with E-state index in [9.17, 15) is 5.26 Å². The first kappa shape index (κ1) is 12.0. The van der Waals surface area contributed by atoms with Gasteiger partial charge in [-0.2, -0.15) is 5.26 Å². The molecule has 0 N–H and O–H groups in total. The van der Waals surface area contributed by atoms with E-state index in [0.29, 0.717) is 25.3 Å². The molecule has 2 fully saturated rings. The fourth-order valence-electron chi connectivity index (χ4n) is 2.58. The Balaban J connectivity index is 1.89. The third-order valence-corrected chi connectivity index (χ3v) is 4.11. The predicted molar refractivity (Wildman–Crippen MR) is 70.3 cm³/mol. The predicted octanol–water partition coefficient (Wildman–Crippen LogP) is 2.27. The lowest BCUT2D eigenvalue weighted by molar-refractivity contribution is -0.137. The standard InChI is InChI=1S/C13H13BrN2O2/c14-11-2-1-3-12(10(11)8-15)16-5-4-13(9-16)17-6-7-18-13/h1-3H,4-7,9H2. The van der Waals surface area contributed by atoms with Crippen LogP contribution < -0.4 is 4.90 Å². The molecular weight excluding hydrogens is 296 g/mol. The zero-order valence-corrected chi connectivity index (χ0v) is 11.4. The monoisotopic (exact) mass is 308 g/mol. The summed E-state index contributed by atoms with van der Waals surface area (Å²) in [5.74, 6) is -0.449. The Labute approximate surface area is 114 Å². The number of hydrogen-bond donors (Lipinski definition) is 0. The first-order chi connectivity index (χ1) is 8.74. The zero-order valence-electron chi connectivity index (χ0n) is 9.86. The summed E-state index contributed by atoms with van der Waals surface area (Å²) >= 11 is 3.42. The van der Waals surface area contributed by atoms with Crippen LogP contribution in [0.5, 0.6) is 0 Å². The van der Waals surface area contributed by atoms with E-state index in [1.165, 1.54) is 0 Å². The summed E-state index contributed by atoms with van der Waals surface area (Å²) in [5, 5.41) is 9.25. The molecule has 0 aliphatic carbocycles. The molecular formula is C13H13BrN2O2. The SMILES string of the molecule is N#Cc1c(Br)cccc1N1CCC2(C1)OCCO2. The van der Waals surface area contributed by atoms with Gasteiger partial charge in [0.25, 0.3) is 0 Å². The number of halogens is 1. The minimum Gasteiger partial charge on any atom is -0.365 e. The second kappa shape index (κ2) is 4.54. The van der Waals surface area contributed by atoms with Gasteiger partial charge in [0.1, 0.15) is 6.07 Å². The molecule has 0 saturated carbocycles. The van der Waals surface area contributed by atoms with Crippen molar-refractivity contribution in [2.45, 2.75) is 12.2 Å². The summed E-state index contributed by atoms with van der Waals surface area (Å²) in [6.45, 7) is 2.87. The van der Waals surface area contributed by atoms with Crippen molar-refractivity contribution in [3.63, 3.8) is 0 Å². The molecule has 2 heterocycles. The van der Waals surface area contributed by atoms with Crippen LogP contribution in [0.3, 0.4) is 0 Å². The third kappa shape index (κ3) is 1.91. The van der Waals surface area contributed by atoms with Crippen molar-refractivity contribution in [2.24, 2.45) is 0 Å². The number of hydrogen-bond acceptors (Lipinski definition) is 4. The van der Waals surface area contributed by atoms with E-state index in [1.54, 1.807) is 0 Å². The van der Waals surface area contributed by atoms with E-state index in [0.717, 1.165) is 23.1 Å². The quantitative estimate of drug-likeness (QED) is 0.798. The molecule has 2 aliphatic rings. The highest BCUT2D eigenvalue weighted by atomic mass is 79.9. The molecule has 0 aromatic heterocycles. The summed E-state index contributed by atoms with van der Waals surface area (Å²) in [4.78, 5) is 2.16. The maximum absolute atomic E-state index is 9.25. The number of benzene rings is 1. The summed E-state index contributed by atoms with van der Waals surface area (Å²) in [6, 6.07) is 8.05. The highest BCUT2D eigenvalue weighted by molar-refractivity contribution is 9.10. The molecule has 18 heavy (non-hydrogen) atoms. The van der Waals surface area contributed by atoms with Crippen LogP contribution in [0.1, 0.15) is 12.0 Å². The fourth-order valence-corrected chi connectivity index (χ4v) is 3.02. The second-order valence-corrected chi connectivity index (χ2v) is 5.38. The van der Waals surface area contributed by atoms with Gasteiger partial charge in [0.15, 0.2) is 5.79 Å². The van der Waals surface area contributed by atoms with Crippen LogP contribution in [0.25, 0.3) is 0 Å². The van der Waals surface area contributed by atoms with Crippen LogP contribution in [0.15, 0.2) is 22.7 Å². The number of nitriles is 1. The maximum atomic E-state index is 9.25. The van der Waals surface area contributed by atoms with Crippen molar-refractivity contribution >= 4 is 21.6 Å². The van der Waals surface area contributed by atoms with E-state index in [2.05, 4.69) is 26.9 Å². The van der Waals surface area contributed by atoms with Crippen LogP contribution in [0, 0.1) is 11.3 Å². The van der Waals surface area contributed by atoms with Crippen LogP contribution >= 0.6 is 15.9 Å². The number of rotatable bonds is 1. The van der Waals surface area contributed by atoms with Gasteiger partial charge >= 0.3 is 0 Å². The van der Waals surface area contributed by atoms with Gasteiger partial charge in [-0.3, -0.25) is 0 Å². The van der Waals surface area contributed by atoms with Gasteiger partial charge in [0, 0.05) is 17.4 Å². The Morgan fingerprint density at radius 1 is 1.33 bits per heavy atom. The third-order valence-electron chi connectivity index (χ3n) is 3.45. The molecule has 1 aromatic carbocycles. The summed E-state index contributed by atoms with van der Waals surface area (Å²) in [5.41, 5.74) is 1.62. The van der Waals surface area contributed by atoms with Gasteiger partial charge in [-0.15, -0.1) is 0 Å². The highest BCUT2D eigenvalue weighted by Crippen LogP contribution is 2.36. The number of ether oxygens (including phenoxy) is 2. The molecule has 4 nitrogen and oxygen atoms in total. The van der Waals surface area contributed by atoms with Crippen molar-refractivity contribution in [3.8, 4) is 6.07 Å². The molecule has 5 heteroatoms. The summed E-state index contributed by atoms with van der Waals surface area (Å²) < 4.78 is 12.2. The van der Waals surface area contributed by atoms with Gasteiger partial charge < -0.3 is 14.4 Å². The van der Waals surface area contributed by atoms with Gasteiger partial charge in [-0.25, -0.2) is 0 Å². The van der Waals surface area contributed by atoms with E-state index in [1.807, 2.05) is 18.2 Å². The van der Waals surface area contributed by atoms with Crippen LogP contribution in [-0.2, 0) is 9.47 Å². The second-order valence-electron chi connectivity index (χ2n) is 4.52. The van der Waals surface area contributed by atoms with Gasteiger partial charge in [-0.1, -0.05) is 6.07 Å². The normalized spacial score (nSPS) is 21.4. The largest absolute Gasteiger partial charge is 0.365 e. The van der Waals surface area contributed by atoms with Crippen molar-refractivity contribution in [3.05, 3.63) is 28.2 Å². The highest BCUT2D eigenvalue weighted by Gasteiger charge is 2.43. The summed E-state index contributed by atoms with van der Waals surface area (Å²) in [6.07, 6.45) is 0.852. The summed E-state index contributed by atoms with van der Waals surface area (Å²) in [7, 11) is 0. The Bertz CT molecular complexity index is 506. The lowest BCUT2D eigenvalue weighted by atomic mass is 10.2. The van der Waals surface area contributed by atoms with Crippen LogP contribution in [-0.4, -0.2) is 32.1 Å². The van der Waals surface area contributed by atoms with E-state index in [-0.39, 0.29) is 0 Å². The molecule has 1 spiro atoms. The number of anilines is 1. The number of nitrogens with zero attached hydrogens (tertiary/aromatic N) is 2. The first-order valence-corrected chi connectivity index (χ1v) is 6.75. The first-order valence-electron chi connectivity index (χ1n) is 5.96. The molecule has 0 unspecified atom stereocenters. The Kier molecular flexibility index (Phi) is 3.02. The minimum absolute atomic E-state index is 0.449. The van der Waals surface area contributed by atoms with E-state index in [4.69, 9.17) is 9.47 Å². The van der Waals surface area contributed by atoms with Gasteiger partial charge in [0.2, 0.25) is 0 Å². The lowest BCUT2D eigenvalue weighted by Crippen LogP contribution is -2.34. The molecule has 0 atom stereocenters. The molecule has 94 valence electrons. The molecule has 0 amide bonds. The van der Waals surface area contributed by atoms with Crippen molar-refractivity contribution in [1.82, 2.24) is 0 Å². The Morgan fingerprint density at radius 2 is 2.11 bits per heavy atom. The smallest absolute Gasteiger partial charge is 0.187 e. The lowest BCUT2D eigenvalue weighted by Gasteiger charge is -2.24. The van der Waals surface area contributed by atoms with E-state index < -0.39 is 5.79 Å². The van der Waals surface area contributed by atoms with E-state index >= 15 is 0 Å². The van der Waals surface area contributed by atoms with Crippen molar-refractivity contribution < 1.29 is 9.47 Å². The average Bonchev–Trinajstić information content (AvgIpc) is 3.00. The fraction of sp³-hybridized carbons (Fsp3) is 0.462. The molecule has 2 saturated heterocycles. The van der Waals surface area contributed by atoms with Crippen molar-refractivity contribution in [2.75, 3.05) is 31.2 Å². The maximum Gasteiger partial charge on any atom is 0.187 e. The Hall–Kier alpha value is -1.09. The van der Waals surface area contributed by atoms with Crippen LogP contribution in [0.2, 0.25) is 0 Å². The molecule has 0 radical (unpaired) electrons.